The van der Waals surface area contributed by atoms with Gasteiger partial charge < -0.3 is 9.64 Å². The van der Waals surface area contributed by atoms with E-state index in [1.54, 1.807) is 17.8 Å². The first-order valence-electron chi connectivity index (χ1n) is 9.37. The quantitative estimate of drug-likeness (QED) is 0.508. The van der Waals surface area contributed by atoms with Gasteiger partial charge in [0.1, 0.15) is 5.75 Å². The van der Waals surface area contributed by atoms with Crippen molar-refractivity contribution in [2.45, 2.75) is 30.7 Å². The molecule has 0 amide bonds. The molecule has 0 N–H and O–H groups in total. The molecular formula is C22H22Cl2N2OS. The van der Waals surface area contributed by atoms with Crippen LogP contribution in [0.25, 0.3) is 0 Å². The van der Waals surface area contributed by atoms with Crippen LogP contribution in [0.1, 0.15) is 29.9 Å². The van der Waals surface area contributed by atoms with Gasteiger partial charge >= 0.3 is 0 Å². The minimum atomic E-state index is 0.0382. The van der Waals surface area contributed by atoms with Gasteiger partial charge in [0.2, 0.25) is 0 Å². The molecule has 1 aliphatic carbocycles. The average molecular weight is 433 g/mol. The number of allylic oxidation sites excluding steroid dienone is 1. The molecule has 28 heavy (non-hydrogen) atoms. The molecule has 0 aromatic heterocycles. The van der Waals surface area contributed by atoms with Gasteiger partial charge in [0.25, 0.3) is 0 Å². The number of aliphatic imine (C=N–C) groups is 1. The topological polar surface area (TPSA) is 24.8 Å². The van der Waals surface area contributed by atoms with Crippen LogP contribution in [0.2, 0.25) is 10.0 Å². The average Bonchev–Trinajstić information content (AvgIpc) is 3.53. The van der Waals surface area contributed by atoms with E-state index in [2.05, 4.69) is 34.3 Å². The smallest absolute Gasteiger partial charge is 0.168 e. The summed E-state index contributed by atoms with van der Waals surface area (Å²) in [6.07, 6.45) is 9.29. The lowest BCUT2D eigenvalue weighted by Crippen LogP contribution is -2.32. The largest absolute Gasteiger partial charge is 0.454 e. The second-order valence-corrected chi connectivity index (χ2v) is 8.78. The maximum absolute atomic E-state index is 6.32. The zero-order valence-corrected chi connectivity index (χ0v) is 18.0. The second-order valence-electron chi connectivity index (χ2n) is 7.04. The molecule has 2 aliphatic rings. The molecule has 146 valence electrons. The van der Waals surface area contributed by atoms with E-state index in [1.807, 2.05) is 30.6 Å². The van der Waals surface area contributed by atoms with Crippen molar-refractivity contribution in [2.24, 2.45) is 4.99 Å². The van der Waals surface area contributed by atoms with Gasteiger partial charge in [-0.3, -0.25) is 4.99 Å². The van der Waals surface area contributed by atoms with Crippen LogP contribution in [-0.4, -0.2) is 29.4 Å². The zero-order valence-electron chi connectivity index (χ0n) is 15.6. The van der Waals surface area contributed by atoms with Gasteiger partial charge in [0.05, 0.1) is 6.21 Å². The molecule has 1 unspecified atom stereocenters. The summed E-state index contributed by atoms with van der Waals surface area (Å²) in [5.74, 6) is 2.32. The van der Waals surface area contributed by atoms with Gasteiger partial charge in [-0.15, -0.1) is 11.8 Å². The van der Waals surface area contributed by atoms with Crippen LogP contribution < -0.4 is 4.74 Å². The first-order chi connectivity index (χ1) is 13.6. The number of halogens is 2. The maximum Gasteiger partial charge on any atom is 0.168 e. The number of nitrogens with zero attached hydrogens (tertiary/aromatic N) is 2. The summed E-state index contributed by atoms with van der Waals surface area (Å²) in [7, 11) is 0. The van der Waals surface area contributed by atoms with E-state index < -0.39 is 0 Å². The lowest BCUT2D eigenvalue weighted by Gasteiger charge is -2.29. The van der Waals surface area contributed by atoms with E-state index in [9.17, 15) is 0 Å². The standard InChI is InChI=1S/C22H22Cl2N2OS/c1-28-22-25-13-20(27-19-4-2-3-17(11-19)15-5-6-15)14-26(22)10-9-16-7-8-18(23)12-21(16)24/h2-4,7-8,11-15,22H,5-6,9-10H2,1H3. The third-order valence-corrected chi connectivity index (χ3v) is 6.31. The first-order valence-corrected chi connectivity index (χ1v) is 11.4. The van der Waals surface area contributed by atoms with Crippen LogP contribution in [0.15, 0.2) is 59.4 Å². The number of ether oxygens (including phenoxy) is 1. The van der Waals surface area contributed by atoms with Gasteiger partial charge in [0.15, 0.2) is 11.3 Å². The molecule has 2 aromatic carbocycles. The number of thioether (sulfide) groups is 1. The molecule has 6 heteroatoms. The molecular weight excluding hydrogens is 411 g/mol. The highest BCUT2D eigenvalue weighted by atomic mass is 35.5. The molecule has 1 heterocycles. The predicted molar refractivity (Wildman–Crippen MR) is 120 cm³/mol. The van der Waals surface area contributed by atoms with Gasteiger partial charge in [0, 0.05) is 22.8 Å². The molecule has 0 bridgehead atoms. The van der Waals surface area contributed by atoms with Gasteiger partial charge in [-0.1, -0.05) is 41.4 Å². The van der Waals surface area contributed by atoms with Crippen LogP contribution in [0.4, 0.5) is 0 Å². The van der Waals surface area contributed by atoms with Crippen LogP contribution in [-0.2, 0) is 6.42 Å². The lowest BCUT2D eigenvalue weighted by atomic mass is 10.1. The number of hydrogen-bond acceptors (Lipinski definition) is 4. The Morgan fingerprint density at radius 2 is 2.04 bits per heavy atom. The highest BCUT2D eigenvalue weighted by molar-refractivity contribution is 7.99. The highest BCUT2D eigenvalue weighted by Gasteiger charge is 2.24. The fraction of sp³-hybridized carbons (Fsp3) is 0.318. The van der Waals surface area contributed by atoms with E-state index in [0.29, 0.717) is 16.0 Å². The molecule has 1 saturated carbocycles. The fourth-order valence-electron chi connectivity index (χ4n) is 3.27. The Balaban J connectivity index is 1.45. The SMILES string of the molecule is CSC1N=CC(Oc2cccc(C3CC3)c2)=CN1CCc1ccc(Cl)cc1Cl. The van der Waals surface area contributed by atoms with E-state index >= 15 is 0 Å². The minimum absolute atomic E-state index is 0.0382. The third kappa shape index (κ3) is 4.86. The van der Waals surface area contributed by atoms with E-state index in [1.165, 1.54) is 18.4 Å². The van der Waals surface area contributed by atoms with Gasteiger partial charge in [-0.05, 0) is 66.8 Å². The van der Waals surface area contributed by atoms with Crippen molar-refractivity contribution in [1.82, 2.24) is 4.90 Å². The highest BCUT2D eigenvalue weighted by Crippen LogP contribution is 2.41. The monoisotopic (exact) mass is 432 g/mol. The fourth-order valence-corrected chi connectivity index (χ4v) is 4.39. The molecule has 0 radical (unpaired) electrons. The Labute approximate surface area is 180 Å². The molecule has 1 aliphatic heterocycles. The van der Waals surface area contributed by atoms with Crippen molar-refractivity contribution < 1.29 is 4.74 Å². The molecule has 1 atom stereocenters. The van der Waals surface area contributed by atoms with E-state index in [-0.39, 0.29) is 5.50 Å². The summed E-state index contributed by atoms with van der Waals surface area (Å²) in [6.45, 7) is 0.791. The van der Waals surface area contributed by atoms with E-state index in [4.69, 9.17) is 27.9 Å². The lowest BCUT2D eigenvalue weighted by molar-refractivity contribution is 0.334. The van der Waals surface area contributed by atoms with Crippen molar-refractivity contribution in [3.8, 4) is 5.75 Å². The van der Waals surface area contributed by atoms with Crippen LogP contribution >= 0.6 is 35.0 Å². The van der Waals surface area contributed by atoms with Crippen LogP contribution in [0.5, 0.6) is 5.75 Å². The van der Waals surface area contributed by atoms with Crippen molar-refractivity contribution in [3.05, 3.63) is 75.6 Å². The molecule has 3 nitrogen and oxygen atoms in total. The van der Waals surface area contributed by atoms with Crippen molar-refractivity contribution >= 4 is 41.2 Å². The Morgan fingerprint density at radius 3 is 2.79 bits per heavy atom. The predicted octanol–water partition coefficient (Wildman–Crippen LogP) is 6.37. The number of hydrogen-bond donors (Lipinski definition) is 0. The minimum Gasteiger partial charge on any atom is -0.454 e. The van der Waals surface area contributed by atoms with Crippen molar-refractivity contribution in [2.75, 3.05) is 12.8 Å². The summed E-state index contributed by atoms with van der Waals surface area (Å²) < 4.78 is 6.11. The number of rotatable bonds is 7. The third-order valence-electron chi connectivity index (χ3n) is 4.91. The molecule has 1 fully saturated rings. The molecule has 2 aromatic rings. The summed E-state index contributed by atoms with van der Waals surface area (Å²) in [5.41, 5.74) is 2.48. The van der Waals surface area contributed by atoms with Crippen molar-refractivity contribution in [3.63, 3.8) is 0 Å². The second kappa shape index (κ2) is 8.81. The van der Waals surface area contributed by atoms with Crippen LogP contribution in [0, 0.1) is 0 Å². The Morgan fingerprint density at radius 1 is 1.18 bits per heavy atom. The Hall–Kier alpha value is -1.62. The summed E-state index contributed by atoms with van der Waals surface area (Å²) in [4.78, 5) is 6.83. The first kappa shape index (κ1) is 19.7. The summed E-state index contributed by atoms with van der Waals surface area (Å²) >= 11 is 14.0. The molecule has 0 spiro atoms. The summed E-state index contributed by atoms with van der Waals surface area (Å²) in [5, 5.41) is 1.35. The van der Waals surface area contributed by atoms with Crippen molar-refractivity contribution in [1.29, 1.82) is 0 Å². The Bertz CT molecular complexity index is 911. The normalized spacial score (nSPS) is 18.9. The molecule has 0 saturated heterocycles. The number of benzene rings is 2. The molecule has 4 rings (SSSR count). The van der Waals surface area contributed by atoms with Gasteiger partial charge in [-0.25, -0.2) is 0 Å². The summed E-state index contributed by atoms with van der Waals surface area (Å²) in [6, 6.07) is 14.0. The van der Waals surface area contributed by atoms with Gasteiger partial charge in [-0.2, -0.15) is 0 Å². The van der Waals surface area contributed by atoms with Crippen LogP contribution in [0.3, 0.4) is 0 Å². The maximum atomic E-state index is 6.32. The Kier molecular flexibility index (Phi) is 6.19. The van der Waals surface area contributed by atoms with E-state index in [0.717, 1.165) is 30.0 Å². The zero-order chi connectivity index (χ0) is 19.5.